The van der Waals surface area contributed by atoms with E-state index in [0.29, 0.717) is 10.6 Å². The van der Waals surface area contributed by atoms with Gasteiger partial charge in [0.15, 0.2) is 0 Å². The summed E-state index contributed by atoms with van der Waals surface area (Å²) >= 11 is 6.01. The highest BCUT2D eigenvalue weighted by molar-refractivity contribution is 6.31. The van der Waals surface area contributed by atoms with E-state index in [2.05, 4.69) is 4.99 Å². The molecule has 0 amide bonds. The number of benzene rings is 1. The Bertz CT molecular complexity index is 430. The fraction of sp³-hybridized carbons (Fsp3) is 0.462. The van der Waals surface area contributed by atoms with Crippen LogP contribution in [0.5, 0.6) is 0 Å². The van der Waals surface area contributed by atoms with E-state index >= 15 is 0 Å². The van der Waals surface area contributed by atoms with Crippen molar-refractivity contribution in [3.63, 3.8) is 0 Å². The van der Waals surface area contributed by atoms with Crippen LogP contribution in [0.2, 0.25) is 5.02 Å². The van der Waals surface area contributed by atoms with Crippen molar-refractivity contribution < 1.29 is 9.18 Å². The highest BCUT2D eigenvalue weighted by atomic mass is 35.5. The maximum absolute atomic E-state index is 13.8. The molecule has 1 unspecified atom stereocenters. The Morgan fingerprint density at radius 3 is 2.71 bits per heavy atom. The van der Waals surface area contributed by atoms with Gasteiger partial charge in [0.2, 0.25) is 6.08 Å². The second-order valence-corrected chi connectivity index (χ2v) is 4.75. The second-order valence-electron chi connectivity index (χ2n) is 4.35. The lowest BCUT2D eigenvalue weighted by molar-refractivity contribution is 0.427. The molecule has 2 nitrogen and oxygen atoms in total. The summed E-state index contributed by atoms with van der Waals surface area (Å²) in [4.78, 5) is 14.3. The number of nitrogens with zero attached hydrogens (tertiary/aromatic N) is 1. The molecule has 1 aliphatic rings. The van der Waals surface area contributed by atoms with E-state index in [4.69, 9.17) is 11.6 Å². The molecular weight excluding hydrogens is 241 g/mol. The summed E-state index contributed by atoms with van der Waals surface area (Å²) in [6, 6.07) is 4.05. The zero-order chi connectivity index (χ0) is 12.3. The van der Waals surface area contributed by atoms with Gasteiger partial charge in [-0.3, -0.25) is 0 Å². The third-order valence-electron chi connectivity index (χ3n) is 3.33. The van der Waals surface area contributed by atoms with Crippen LogP contribution in [0.15, 0.2) is 23.2 Å². The summed E-state index contributed by atoms with van der Waals surface area (Å²) in [7, 11) is 0. The first kappa shape index (κ1) is 12.3. The second kappa shape index (κ2) is 5.44. The molecule has 90 valence electrons. The molecule has 0 N–H and O–H groups in total. The molecule has 0 bridgehead atoms. The summed E-state index contributed by atoms with van der Waals surface area (Å²) in [5.41, 5.74) is 0.337. The lowest BCUT2D eigenvalue weighted by Gasteiger charge is -2.19. The molecule has 0 radical (unpaired) electrons. The zero-order valence-electron chi connectivity index (χ0n) is 9.33. The molecule has 1 atom stereocenters. The Labute approximate surface area is 105 Å². The summed E-state index contributed by atoms with van der Waals surface area (Å²) in [5.74, 6) is -0.195. The Hall–Kier alpha value is -1.18. The quantitative estimate of drug-likeness (QED) is 0.590. The van der Waals surface area contributed by atoms with Crippen LogP contribution in [0.4, 0.5) is 4.39 Å². The van der Waals surface area contributed by atoms with Gasteiger partial charge < -0.3 is 0 Å². The maximum Gasteiger partial charge on any atom is 0.235 e. The predicted octanol–water partition coefficient (Wildman–Crippen LogP) is 4.05. The fourth-order valence-electron chi connectivity index (χ4n) is 2.53. The number of hydrogen-bond acceptors (Lipinski definition) is 2. The van der Waals surface area contributed by atoms with Gasteiger partial charge in [-0.1, -0.05) is 30.5 Å². The maximum atomic E-state index is 13.8. The Morgan fingerprint density at radius 1 is 1.41 bits per heavy atom. The molecule has 0 spiro atoms. The van der Waals surface area contributed by atoms with Crippen molar-refractivity contribution in [3.8, 4) is 0 Å². The van der Waals surface area contributed by atoms with Crippen molar-refractivity contribution in [2.45, 2.75) is 31.7 Å². The van der Waals surface area contributed by atoms with Crippen LogP contribution in [0.1, 0.15) is 37.3 Å². The number of halogens is 2. The first-order valence-corrected chi connectivity index (χ1v) is 6.12. The van der Waals surface area contributed by atoms with Gasteiger partial charge in [0.1, 0.15) is 5.82 Å². The minimum absolute atomic E-state index is 0.200. The molecule has 0 saturated heterocycles. The molecule has 1 aromatic carbocycles. The lowest BCUT2D eigenvalue weighted by atomic mass is 9.92. The Morgan fingerprint density at radius 2 is 2.12 bits per heavy atom. The first-order chi connectivity index (χ1) is 8.24. The number of rotatable bonds is 3. The minimum atomic E-state index is -0.483. The minimum Gasteiger partial charge on any atom is -0.211 e. The van der Waals surface area contributed by atoms with E-state index in [1.807, 2.05) is 0 Å². The standard InChI is InChI=1S/C13H13ClFNO/c14-10-6-3-7-11(15)12(10)13(16-8-17)9-4-1-2-5-9/h3,6-7,9,13H,1-2,4-5H2. The average molecular weight is 254 g/mol. The van der Waals surface area contributed by atoms with Crippen molar-refractivity contribution in [1.29, 1.82) is 0 Å². The van der Waals surface area contributed by atoms with Crippen LogP contribution in [0, 0.1) is 11.7 Å². The first-order valence-electron chi connectivity index (χ1n) is 5.75. The van der Waals surface area contributed by atoms with E-state index in [1.54, 1.807) is 18.2 Å². The number of aliphatic imine (C=N–C) groups is 1. The van der Waals surface area contributed by atoms with E-state index in [9.17, 15) is 9.18 Å². The average Bonchev–Trinajstić information content (AvgIpc) is 2.80. The molecule has 0 heterocycles. The molecule has 4 heteroatoms. The normalized spacial score (nSPS) is 17.8. The van der Waals surface area contributed by atoms with Crippen molar-refractivity contribution in [2.75, 3.05) is 0 Å². The van der Waals surface area contributed by atoms with Crippen molar-refractivity contribution in [1.82, 2.24) is 0 Å². The van der Waals surface area contributed by atoms with Crippen LogP contribution in [-0.4, -0.2) is 6.08 Å². The summed E-state index contributed by atoms with van der Waals surface area (Å²) < 4.78 is 13.8. The van der Waals surface area contributed by atoms with Crippen LogP contribution >= 0.6 is 11.6 Å². The van der Waals surface area contributed by atoms with Gasteiger partial charge in [0.05, 0.1) is 6.04 Å². The highest BCUT2D eigenvalue weighted by Gasteiger charge is 2.29. The largest absolute Gasteiger partial charge is 0.235 e. The molecule has 1 saturated carbocycles. The van der Waals surface area contributed by atoms with Gasteiger partial charge in [-0.25, -0.2) is 9.18 Å². The molecular formula is C13H13ClFNO. The van der Waals surface area contributed by atoms with E-state index in [-0.39, 0.29) is 5.92 Å². The molecule has 2 rings (SSSR count). The van der Waals surface area contributed by atoms with Crippen LogP contribution in [0.3, 0.4) is 0 Å². The zero-order valence-corrected chi connectivity index (χ0v) is 10.1. The summed E-state index contributed by atoms with van der Waals surface area (Å²) in [6.45, 7) is 0. The number of hydrogen-bond donors (Lipinski definition) is 0. The summed E-state index contributed by atoms with van der Waals surface area (Å²) in [6.07, 6.45) is 5.66. The van der Waals surface area contributed by atoms with Gasteiger partial charge in [-0.15, -0.1) is 0 Å². The third-order valence-corrected chi connectivity index (χ3v) is 3.66. The van der Waals surface area contributed by atoms with E-state index < -0.39 is 11.9 Å². The number of carbonyl (C=O) groups excluding carboxylic acids is 1. The molecule has 0 aliphatic heterocycles. The Kier molecular flexibility index (Phi) is 3.93. The number of isocyanates is 1. The smallest absolute Gasteiger partial charge is 0.211 e. The molecule has 1 aromatic rings. The van der Waals surface area contributed by atoms with Crippen molar-refractivity contribution in [3.05, 3.63) is 34.6 Å². The fourth-order valence-corrected chi connectivity index (χ4v) is 2.80. The van der Waals surface area contributed by atoms with Crippen molar-refractivity contribution >= 4 is 17.7 Å². The van der Waals surface area contributed by atoms with E-state index in [1.165, 1.54) is 6.07 Å². The Balaban J connectivity index is 2.41. The van der Waals surface area contributed by atoms with Gasteiger partial charge in [0, 0.05) is 10.6 Å². The molecule has 1 aliphatic carbocycles. The van der Waals surface area contributed by atoms with Gasteiger partial charge in [0.25, 0.3) is 0 Å². The van der Waals surface area contributed by atoms with Crippen molar-refractivity contribution in [2.24, 2.45) is 10.9 Å². The van der Waals surface area contributed by atoms with Crippen LogP contribution < -0.4 is 0 Å². The molecule has 1 fully saturated rings. The molecule has 0 aromatic heterocycles. The van der Waals surface area contributed by atoms with Gasteiger partial charge >= 0.3 is 0 Å². The highest BCUT2D eigenvalue weighted by Crippen LogP contribution is 2.41. The summed E-state index contributed by atoms with van der Waals surface area (Å²) in [5, 5.41) is 0.334. The van der Waals surface area contributed by atoms with Crippen LogP contribution in [-0.2, 0) is 4.79 Å². The monoisotopic (exact) mass is 253 g/mol. The topological polar surface area (TPSA) is 29.4 Å². The van der Waals surface area contributed by atoms with Gasteiger partial charge in [-0.2, -0.15) is 4.99 Å². The SMILES string of the molecule is O=C=NC(c1c(F)cccc1Cl)C1CCCC1. The lowest BCUT2D eigenvalue weighted by Crippen LogP contribution is -2.10. The molecule has 17 heavy (non-hydrogen) atoms. The predicted molar refractivity (Wildman–Crippen MR) is 64.2 cm³/mol. The third kappa shape index (κ3) is 2.56. The van der Waals surface area contributed by atoms with Crippen LogP contribution in [0.25, 0.3) is 0 Å². The van der Waals surface area contributed by atoms with Gasteiger partial charge in [-0.05, 0) is 30.9 Å². The van der Waals surface area contributed by atoms with E-state index in [0.717, 1.165) is 25.7 Å².